The summed E-state index contributed by atoms with van der Waals surface area (Å²) in [6.07, 6.45) is 6.67. The number of hydrogen-bond donors (Lipinski definition) is 2. The number of rotatable bonds is 4. The molecule has 17 heavy (non-hydrogen) atoms. The molecule has 0 amide bonds. The molecule has 2 heterocycles. The lowest BCUT2D eigenvalue weighted by Crippen LogP contribution is -2.47. The molecule has 0 aliphatic carbocycles. The molecule has 1 aromatic heterocycles. The molecule has 0 saturated carbocycles. The third-order valence-electron chi connectivity index (χ3n) is 2.97. The van der Waals surface area contributed by atoms with Crippen LogP contribution in [0.4, 0.5) is 0 Å². The van der Waals surface area contributed by atoms with Crippen molar-refractivity contribution < 1.29 is 8.42 Å². The third kappa shape index (κ3) is 3.52. The van der Waals surface area contributed by atoms with Crippen molar-refractivity contribution in [3.05, 3.63) is 18.2 Å². The van der Waals surface area contributed by atoms with Crippen molar-refractivity contribution in [2.75, 3.05) is 19.3 Å². The van der Waals surface area contributed by atoms with Crippen LogP contribution in [0.1, 0.15) is 18.7 Å². The molecule has 1 fully saturated rings. The monoisotopic (exact) mass is 258 g/mol. The maximum absolute atomic E-state index is 11.4. The predicted molar refractivity (Wildman–Crippen MR) is 64.9 cm³/mol. The van der Waals surface area contributed by atoms with Gasteiger partial charge in [-0.2, -0.15) is 0 Å². The van der Waals surface area contributed by atoms with Crippen LogP contribution in [-0.4, -0.2) is 48.1 Å². The topological polar surface area (TPSA) is 78.1 Å². The quantitative estimate of drug-likeness (QED) is 0.792. The highest BCUT2D eigenvalue weighted by atomic mass is 32.2. The number of nitrogens with zero attached hydrogens (tertiary/aromatic N) is 2. The maximum Gasteiger partial charge on any atom is 0.211 e. The highest BCUT2D eigenvalue weighted by Crippen LogP contribution is 2.13. The Labute approximate surface area is 101 Å². The number of aromatic amines is 1. The smallest absolute Gasteiger partial charge is 0.211 e. The van der Waals surface area contributed by atoms with Crippen LogP contribution >= 0.6 is 0 Å². The summed E-state index contributed by atoms with van der Waals surface area (Å²) in [5.41, 5.74) is 0. The van der Waals surface area contributed by atoms with Gasteiger partial charge >= 0.3 is 0 Å². The van der Waals surface area contributed by atoms with Crippen LogP contribution in [0.25, 0.3) is 0 Å². The van der Waals surface area contributed by atoms with Gasteiger partial charge in [-0.3, -0.25) is 0 Å². The van der Waals surface area contributed by atoms with Crippen LogP contribution < -0.4 is 5.32 Å². The Kier molecular flexibility index (Phi) is 3.80. The van der Waals surface area contributed by atoms with Crippen molar-refractivity contribution in [2.45, 2.75) is 25.4 Å². The van der Waals surface area contributed by atoms with Gasteiger partial charge in [0.15, 0.2) is 0 Å². The summed E-state index contributed by atoms with van der Waals surface area (Å²) in [6, 6.07) is 0.212. The molecule has 1 atom stereocenters. The summed E-state index contributed by atoms with van der Waals surface area (Å²) in [5.74, 6) is 0.876. The molecule has 1 unspecified atom stereocenters. The van der Waals surface area contributed by atoms with E-state index in [0.717, 1.165) is 18.7 Å². The Bertz CT molecular complexity index is 443. The van der Waals surface area contributed by atoms with Crippen molar-refractivity contribution in [3.63, 3.8) is 0 Å². The Morgan fingerprint density at radius 3 is 3.12 bits per heavy atom. The van der Waals surface area contributed by atoms with Crippen molar-refractivity contribution in [1.82, 2.24) is 19.6 Å². The molecule has 1 aliphatic heterocycles. The molecule has 1 aliphatic rings. The zero-order valence-electron chi connectivity index (χ0n) is 9.89. The Hall–Kier alpha value is -0.920. The summed E-state index contributed by atoms with van der Waals surface area (Å²) in [5, 5.41) is 3.33. The van der Waals surface area contributed by atoms with E-state index in [2.05, 4.69) is 15.3 Å². The lowest BCUT2D eigenvalue weighted by atomic mass is 10.1. The van der Waals surface area contributed by atoms with E-state index in [1.165, 1.54) is 10.6 Å². The number of nitrogens with one attached hydrogen (secondary N) is 2. The van der Waals surface area contributed by atoms with Crippen molar-refractivity contribution in [1.29, 1.82) is 0 Å². The Morgan fingerprint density at radius 1 is 1.65 bits per heavy atom. The number of hydrogen-bond acceptors (Lipinski definition) is 4. The number of aromatic nitrogens is 2. The second kappa shape index (κ2) is 5.16. The van der Waals surface area contributed by atoms with Gasteiger partial charge in [0.1, 0.15) is 5.82 Å². The minimum Gasteiger partial charge on any atom is -0.348 e. The fourth-order valence-electron chi connectivity index (χ4n) is 2.05. The van der Waals surface area contributed by atoms with Crippen LogP contribution in [0, 0.1) is 0 Å². The first kappa shape index (κ1) is 12.5. The van der Waals surface area contributed by atoms with E-state index in [0.29, 0.717) is 19.6 Å². The molecule has 6 nitrogen and oxygen atoms in total. The van der Waals surface area contributed by atoms with E-state index >= 15 is 0 Å². The minimum atomic E-state index is -3.06. The first-order chi connectivity index (χ1) is 8.05. The Morgan fingerprint density at radius 2 is 2.47 bits per heavy atom. The minimum absolute atomic E-state index is 0.212. The standard InChI is InChI=1S/C10H18N4O2S/c1-17(15,16)14-6-2-3-9(8-14)13-7-10-11-4-5-12-10/h4-5,9,13H,2-3,6-8H2,1H3,(H,11,12). The molecule has 96 valence electrons. The second-order valence-corrected chi connectivity index (χ2v) is 6.36. The zero-order valence-corrected chi connectivity index (χ0v) is 10.7. The first-order valence-corrected chi connectivity index (χ1v) is 7.57. The highest BCUT2D eigenvalue weighted by molar-refractivity contribution is 7.88. The summed E-state index contributed by atoms with van der Waals surface area (Å²) in [6.45, 7) is 1.84. The SMILES string of the molecule is CS(=O)(=O)N1CCCC(NCc2ncc[nH]2)C1. The van der Waals surface area contributed by atoms with E-state index in [-0.39, 0.29) is 6.04 Å². The number of H-pyrrole nitrogens is 1. The molecule has 2 N–H and O–H groups in total. The Balaban J connectivity index is 1.85. The summed E-state index contributed by atoms with van der Waals surface area (Å²) >= 11 is 0. The van der Waals surface area contributed by atoms with Gasteiger partial charge in [-0.25, -0.2) is 17.7 Å². The third-order valence-corrected chi connectivity index (χ3v) is 4.24. The largest absolute Gasteiger partial charge is 0.348 e. The van der Waals surface area contributed by atoms with Gasteiger partial charge in [-0.15, -0.1) is 0 Å². The van der Waals surface area contributed by atoms with Crippen molar-refractivity contribution in [3.8, 4) is 0 Å². The van der Waals surface area contributed by atoms with Crippen LogP contribution in [0.3, 0.4) is 0 Å². The van der Waals surface area contributed by atoms with E-state index in [1.54, 1.807) is 12.4 Å². The molecular formula is C10H18N4O2S. The number of imidazole rings is 1. The molecule has 1 aromatic rings. The second-order valence-electron chi connectivity index (χ2n) is 4.38. The molecule has 0 bridgehead atoms. The van der Waals surface area contributed by atoms with Crippen LogP contribution in [0.15, 0.2) is 12.4 Å². The fraction of sp³-hybridized carbons (Fsp3) is 0.700. The zero-order chi connectivity index (χ0) is 12.3. The van der Waals surface area contributed by atoms with E-state index in [9.17, 15) is 8.42 Å². The van der Waals surface area contributed by atoms with Gasteiger partial charge in [0.05, 0.1) is 12.8 Å². The number of sulfonamides is 1. The normalized spacial score (nSPS) is 22.8. The van der Waals surface area contributed by atoms with Gasteiger partial charge < -0.3 is 10.3 Å². The van der Waals surface area contributed by atoms with Gasteiger partial charge in [-0.05, 0) is 12.8 Å². The maximum atomic E-state index is 11.4. The lowest BCUT2D eigenvalue weighted by molar-refractivity contribution is 0.283. The lowest BCUT2D eigenvalue weighted by Gasteiger charge is -2.31. The average Bonchev–Trinajstić information content (AvgIpc) is 2.78. The molecule has 2 rings (SSSR count). The van der Waals surface area contributed by atoms with E-state index < -0.39 is 10.0 Å². The summed E-state index contributed by atoms with van der Waals surface area (Å²) < 4.78 is 24.4. The molecule has 0 radical (unpaired) electrons. The molecular weight excluding hydrogens is 240 g/mol. The van der Waals surface area contributed by atoms with Crippen LogP contribution in [0.2, 0.25) is 0 Å². The number of piperidine rings is 1. The summed E-state index contributed by atoms with van der Waals surface area (Å²) in [4.78, 5) is 7.13. The van der Waals surface area contributed by atoms with Crippen molar-refractivity contribution >= 4 is 10.0 Å². The average molecular weight is 258 g/mol. The highest BCUT2D eigenvalue weighted by Gasteiger charge is 2.25. The van der Waals surface area contributed by atoms with Gasteiger partial charge in [0.2, 0.25) is 10.0 Å². The molecule has 7 heteroatoms. The van der Waals surface area contributed by atoms with Crippen molar-refractivity contribution in [2.24, 2.45) is 0 Å². The predicted octanol–water partition coefficient (Wildman–Crippen LogP) is -0.0767. The fourth-order valence-corrected chi connectivity index (χ4v) is 2.96. The molecule has 0 aromatic carbocycles. The first-order valence-electron chi connectivity index (χ1n) is 5.72. The van der Waals surface area contributed by atoms with Gasteiger partial charge in [0, 0.05) is 31.5 Å². The van der Waals surface area contributed by atoms with E-state index in [1.807, 2.05) is 0 Å². The van der Waals surface area contributed by atoms with Gasteiger partial charge in [0.25, 0.3) is 0 Å². The van der Waals surface area contributed by atoms with Crippen LogP contribution in [0.5, 0.6) is 0 Å². The van der Waals surface area contributed by atoms with Gasteiger partial charge in [-0.1, -0.05) is 0 Å². The molecule has 1 saturated heterocycles. The van der Waals surface area contributed by atoms with E-state index in [4.69, 9.17) is 0 Å². The molecule has 0 spiro atoms. The summed E-state index contributed by atoms with van der Waals surface area (Å²) in [7, 11) is -3.06. The van der Waals surface area contributed by atoms with Crippen LogP contribution in [-0.2, 0) is 16.6 Å².